The lowest BCUT2D eigenvalue weighted by Gasteiger charge is -2.02. The van der Waals surface area contributed by atoms with Crippen molar-refractivity contribution >= 4 is 10.0 Å². The molecule has 0 aliphatic rings. The van der Waals surface area contributed by atoms with Gasteiger partial charge in [-0.1, -0.05) is 19.8 Å². The normalized spacial score (nSPS) is 11.8. The summed E-state index contributed by atoms with van der Waals surface area (Å²) >= 11 is 0. The lowest BCUT2D eigenvalue weighted by atomic mass is 10.3. The van der Waals surface area contributed by atoms with Crippen LogP contribution in [0.5, 0.6) is 0 Å². The van der Waals surface area contributed by atoms with Crippen LogP contribution in [0.3, 0.4) is 0 Å². The van der Waals surface area contributed by atoms with E-state index in [4.69, 9.17) is 0 Å². The third kappa shape index (κ3) is 3.08. The molecule has 0 amide bonds. The second-order valence-corrected chi connectivity index (χ2v) is 4.58. The number of nitrogens with one attached hydrogen (secondary N) is 2. The molecule has 0 radical (unpaired) electrons. The van der Waals surface area contributed by atoms with Crippen LogP contribution in [0.25, 0.3) is 0 Å². The number of aromatic amines is 1. The Hall–Kier alpha value is -0.950. The average Bonchev–Trinajstić information content (AvgIpc) is 2.65. The van der Waals surface area contributed by atoms with Crippen molar-refractivity contribution < 1.29 is 8.42 Å². The van der Waals surface area contributed by atoms with Crippen molar-refractivity contribution in [1.29, 1.82) is 0 Å². The fourth-order valence-corrected chi connectivity index (χ4v) is 1.88. The topological polar surface area (TPSA) is 87.7 Å². The van der Waals surface area contributed by atoms with Crippen molar-refractivity contribution in [3.05, 3.63) is 6.33 Å². The molecule has 6 nitrogen and oxygen atoms in total. The van der Waals surface area contributed by atoms with E-state index in [1.807, 2.05) is 0 Å². The van der Waals surface area contributed by atoms with Gasteiger partial charge >= 0.3 is 0 Å². The minimum absolute atomic E-state index is 0.131. The molecule has 0 aromatic carbocycles. The van der Waals surface area contributed by atoms with Crippen molar-refractivity contribution in [2.45, 2.75) is 31.3 Å². The van der Waals surface area contributed by atoms with Gasteiger partial charge in [-0.15, -0.1) is 0 Å². The predicted molar refractivity (Wildman–Crippen MR) is 51.1 cm³/mol. The van der Waals surface area contributed by atoms with Gasteiger partial charge in [0.25, 0.3) is 15.2 Å². The number of unbranched alkanes of at least 4 members (excludes halogenated alkanes) is 2. The van der Waals surface area contributed by atoms with E-state index in [0.717, 1.165) is 19.3 Å². The van der Waals surface area contributed by atoms with Crippen LogP contribution >= 0.6 is 0 Å². The zero-order valence-corrected chi connectivity index (χ0v) is 8.84. The molecule has 0 atom stereocenters. The first-order valence-electron chi connectivity index (χ1n) is 4.52. The van der Waals surface area contributed by atoms with Crippen molar-refractivity contribution in [3.63, 3.8) is 0 Å². The molecular formula is C7H14N4O2S. The van der Waals surface area contributed by atoms with Crippen LogP contribution in [-0.2, 0) is 10.0 Å². The maximum absolute atomic E-state index is 11.4. The van der Waals surface area contributed by atoms with Crippen LogP contribution in [0, 0.1) is 0 Å². The number of hydrogen-bond acceptors (Lipinski definition) is 4. The molecule has 0 fully saturated rings. The van der Waals surface area contributed by atoms with Gasteiger partial charge in [-0.3, -0.25) is 0 Å². The molecule has 0 aliphatic heterocycles. The molecule has 14 heavy (non-hydrogen) atoms. The van der Waals surface area contributed by atoms with Crippen LogP contribution in [0.15, 0.2) is 11.5 Å². The summed E-state index contributed by atoms with van der Waals surface area (Å²) in [5, 5.41) is 5.65. The van der Waals surface area contributed by atoms with Crippen molar-refractivity contribution in [2.24, 2.45) is 0 Å². The van der Waals surface area contributed by atoms with Gasteiger partial charge in [0.05, 0.1) is 0 Å². The van der Waals surface area contributed by atoms with Crippen molar-refractivity contribution in [2.75, 3.05) is 6.54 Å². The highest BCUT2D eigenvalue weighted by molar-refractivity contribution is 7.89. The molecule has 0 bridgehead atoms. The first kappa shape index (κ1) is 11.1. The number of H-pyrrole nitrogens is 1. The average molecular weight is 218 g/mol. The lowest BCUT2D eigenvalue weighted by molar-refractivity contribution is 0.567. The molecule has 0 saturated heterocycles. The highest BCUT2D eigenvalue weighted by Gasteiger charge is 2.15. The summed E-state index contributed by atoms with van der Waals surface area (Å²) in [7, 11) is -3.48. The third-order valence-electron chi connectivity index (χ3n) is 1.72. The molecule has 80 valence electrons. The van der Waals surface area contributed by atoms with Gasteiger partial charge < -0.3 is 0 Å². The third-order valence-corrected chi connectivity index (χ3v) is 3.01. The summed E-state index contributed by atoms with van der Waals surface area (Å²) in [6.45, 7) is 2.50. The monoisotopic (exact) mass is 218 g/mol. The van der Waals surface area contributed by atoms with Crippen molar-refractivity contribution in [1.82, 2.24) is 19.9 Å². The molecule has 7 heteroatoms. The lowest BCUT2D eigenvalue weighted by Crippen LogP contribution is -2.25. The van der Waals surface area contributed by atoms with E-state index in [-0.39, 0.29) is 5.16 Å². The SMILES string of the molecule is CCCCCNS(=O)(=O)c1ncn[nH]1. The van der Waals surface area contributed by atoms with Crippen LogP contribution in [0.1, 0.15) is 26.2 Å². The largest absolute Gasteiger partial charge is 0.275 e. The van der Waals surface area contributed by atoms with E-state index in [1.54, 1.807) is 0 Å². The maximum atomic E-state index is 11.4. The number of sulfonamides is 1. The number of rotatable bonds is 6. The molecule has 0 spiro atoms. The van der Waals surface area contributed by atoms with Crippen molar-refractivity contribution in [3.8, 4) is 0 Å². The molecule has 2 N–H and O–H groups in total. The standard InChI is InChI=1S/C7H14N4O2S/c1-2-3-4-5-10-14(12,13)7-8-6-9-11-7/h6,10H,2-5H2,1H3,(H,8,9,11). The summed E-state index contributed by atoms with van der Waals surface area (Å²) in [5.41, 5.74) is 0. The van der Waals surface area contributed by atoms with Crippen LogP contribution in [0.2, 0.25) is 0 Å². The first-order valence-corrected chi connectivity index (χ1v) is 6.00. The number of hydrogen-bond donors (Lipinski definition) is 2. The second-order valence-electron chi connectivity index (χ2n) is 2.90. The van der Waals surface area contributed by atoms with E-state index < -0.39 is 10.0 Å². The highest BCUT2D eigenvalue weighted by Crippen LogP contribution is 1.99. The molecule has 0 saturated carbocycles. The zero-order chi connectivity index (χ0) is 10.4. The van der Waals surface area contributed by atoms with Gasteiger partial charge in [0.2, 0.25) is 0 Å². The Balaban J connectivity index is 2.44. The molecule has 1 aromatic rings. The molecule has 0 aliphatic carbocycles. The van der Waals surface area contributed by atoms with Gasteiger partial charge in [0.1, 0.15) is 6.33 Å². The minimum atomic E-state index is -3.48. The first-order chi connectivity index (χ1) is 6.67. The van der Waals surface area contributed by atoms with Crippen LogP contribution in [-0.4, -0.2) is 30.1 Å². The minimum Gasteiger partial charge on any atom is -0.249 e. The highest BCUT2D eigenvalue weighted by atomic mass is 32.2. The van der Waals surface area contributed by atoms with Gasteiger partial charge in [0, 0.05) is 6.54 Å². The quantitative estimate of drug-likeness (QED) is 0.671. The Morgan fingerprint density at radius 3 is 2.86 bits per heavy atom. The van der Waals surface area contributed by atoms with Gasteiger partial charge in [0.15, 0.2) is 0 Å². The zero-order valence-electron chi connectivity index (χ0n) is 8.02. The van der Waals surface area contributed by atoms with Gasteiger partial charge in [-0.2, -0.15) is 5.10 Å². The van der Waals surface area contributed by atoms with Gasteiger partial charge in [-0.25, -0.2) is 23.2 Å². The Labute approximate surface area is 83.2 Å². The Kier molecular flexibility index (Phi) is 4.02. The summed E-state index contributed by atoms with van der Waals surface area (Å²) in [4.78, 5) is 3.57. The molecule has 0 unspecified atom stereocenters. The Morgan fingerprint density at radius 2 is 2.29 bits per heavy atom. The fourth-order valence-electron chi connectivity index (χ4n) is 0.974. The van der Waals surface area contributed by atoms with E-state index >= 15 is 0 Å². The Morgan fingerprint density at radius 1 is 1.50 bits per heavy atom. The number of nitrogens with zero attached hydrogens (tertiary/aromatic N) is 2. The molecule has 1 rings (SSSR count). The summed E-state index contributed by atoms with van der Waals surface area (Å²) < 4.78 is 25.3. The van der Waals surface area contributed by atoms with E-state index in [9.17, 15) is 8.42 Å². The second kappa shape index (κ2) is 5.06. The summed E-state index contributed by atoms with van der Waals surface area (Å²) in [5.74, 6) is 0. The predicted octanol–water partition coefficient (Wildman–Crippen LogP) is 0.273. The molecule has 1 aromatic heterocycles. The van der Waals surface area contributed by atoms with E-state index in [2.05, 4.69) is 26.8 Å². The smallest absolute Gasteiger partial charge is 0.249 e. The van der Waals surface area contributed by atoms with Crippen LogP contribution in [0.4, 0.5) is 0 Å². The summed E-state index contributed by atoms with van der Waals surface area (Å²) in [6, 6.07) is 0. The number of aromatic nitrogens is 3. The van der Waals surface area contributed by atoms with E-state index in [1.165, 1.54) is 6.33 Å². The fraction of sp³-hybridized carbons (Fsp3) is 0.714. The molecular weight excluding hydrogens is 204 g/mol. The van der Waals surface area contributed by atoms with Crippen LogP contribution < -0.4 is 4.72 Å². The van der Waals surface area contributed by atoms with Gasteiger partial charge in [-0.05, 0) is 6.42 Å². The van der Waals surface area contributed by atoms with E-state index in [0.29, 0.717) is 6.54 Å². The molecule has 1 heterocycles. The Bertz CT molecular complexity index is 346. The maximum Gasteiger partial charge on any atom is 0.275 e. The summed E-state index contributed by atoms with van der Waals surface area (Å²) in [6.07, 6.45) is 4.08.